The van der Waals surface area contributed by atoms with E-state index < -0.39 is 29.2 Å². The lowest BCUT2D eigenvalue weighted by Gasteiger charge is -2.41. The Morgan fingerprint density at radius 1 is 0.963 bits per heavy atom. The van der Waals surface area contributed by atoms with Crippen LogP contribution in [0.1, 0.15) is 39.1 Å². The Kier molecular flexibility index (Phi) is 3.80. The first kappa shape index (κ1) is 17.0. The smallest absolute Gasteiger partial charge is 0.266 e. The van der Waals surface area contributed by atoms with Crippen molar-refractivity contribution >= 4 is 23.6 Å². The van der Waals surface area contributed by atoms with E-state index >= 15 is 0 Å². The maximum atomic E-state index is 13.0. The highest BCUT2D eigenvalue weighted by molar-refractivity contribution is 6.25. The minimum atomic E-state index is -1.53. The molecule has 136 valence electrons. The molecule has 7 heteroatoms. The van der Waals surface area contributed by atoms with Crippen molar-refractivity contribution in [2.75, 3.05) is 0 Å². The van der Waals surface area contributed by atoms with Crippen LogP contribution in [0.2, 0.25) is 0 Å². The molecule has 1 saturated heterocycles. The van der Waals surface area contributed by atoms with E-state index in [0.29, 0.717) is 0 Å². The van der Waals surface area contributed by atoms with Gasteiger partial charge >= 0.3 is 0 Å². The first-order chi connectivity index (χ1) is 12.9. The van der Waals surface area contributed by atoms with Crippen LogP contribution in [0.3, 0.4) is 0 Å². The zero-order valence-electron chi connectivity index (χ0n) is 14.3. The zero-order valence-corrected chi connectivity index (χ0v) is 14.3. The molecule has 2 aromatic rings. The molecular weight excluding hydrogens is 348 g/mol. The van der Waals surface area contributed by atoms with E-state index in [2.05, 4.69) is 5.32 Å². The molecular formula is C20H16N2O5. The summed E-state index contributed by atoms with van der Waals surface area (Å²) in [6, 6.07) is 13.2. The zero-order chi connectivity index (χ0) is 19.2. The van der Waals surface area contributed by atoms with Gasteiger partial charge in [0.05, 0.1) is 11.1 Å². The number of hydrogen-bond donors (Lipinski definition) is 2. The number of aromatic hydroxyl groups is 1. The van der Waals surface area contributed by atoms with Gasteiger partial charge in [0.2, 0.25) is 5.91 Å². The molecule has 2 N–H and O–H groups in total. The lowest BCUT2D eigenvalue weighted by Crippen LogP contribution is -2.65. The Bertz CT molecular complexity index is 985. The summed E-state index contributed by atoms with van der Waals surface area (Å²) in [7, 11) is 0. The number of hydrogen-bond acceptors (Lipinski definition) is 5. The number of phenolic OH excluding ortho intramolecular Hbond substituents is 1. The third kappa shape index (κ3) is 2.51. The molecule has 2 heterocycles. The predicted molar refractivity (Wildman–Crippen MR) is 93.9 cm³/mol. The topological polar surface area (TPSA) is 104 Å². The number of fused-ring (bicyclic) bond motifs is 1. The number of nitrogens with zero attached hydrogens (tertiary/aromatic N) is 1. The molecule has 1 unspecified atom stereocenters. The molecule has 1 atom stereocenters. The van der Waals surface area contributed by atoms with Crippen LogP contribution in [-0.4, -0.2) is 39.2 Å². The summed E-state index contributed by atoms with van der Waals surface area (Å²) in [5, 5.41) is 12.3. The summed E-state index contributed by atoms with van der Waals surface area (Å²) >= 11 is 0. The van der Waals surface area contributed by atoms with E-state index in [1.54, 1.807) is 24.3 Å². The summed E-state index contributed by atoms with van der Waals surface area (Å²) in [5.41, 5.74) is -0.839. The molecule has 0 bridgehead atoms. The van der Waals surface area contributed by atoms with Gasteiger partial charge in [0.1, 0.15) is 11.3 Å². The molecule has 0 aromatic heterocycles. The van der Waals surface area contributed by atoms with E-state index in [-0.39, 0.29) is 36.1 Å². The summed E-state index contributed by atoms with van der Waals surface area (Å²) in [6.45, 7) is 0. The van der Waals surface area contributed by atoms with E-state index in [0.717, 1.165) is 10.5 Å². The molecule has 1 fully saturated rings. The Labute approximate surface area is 154 Å². The molecule has 27 heavy (non-hydrogen) atoms. The highest BCUT2D eigenvalue weighted by Crippen LogP contribution is 2.39. The second kappa shape index (κ2) is 6.05. The van der Waals surface area contributed by atoms with Crippen LogP contribution < -0.4 is 5.32 Å². The van der Waals surface area contributed by atoms with Crippen molar-refractivity contribution in [2.24, 2.45) is 0 Å². The highest BCUT2D eigenvalue weighted by Gasteiger charge is 2.56. The average Bonchev–Trinajstić information content (AvgIpc) is 2.91. The van der Waals surface area contributed by atoms with Gasteiger partial charge in [-0.3, -0.25) is 29.4 Å². The number of amides is 4. The number of nitrogens with one attached hydrogen (secondary N) is 1. The summed E-state index contributed by atoms with van der Waals surface area (Å²) in [4.78, 5) is 51.6. The van der Waals surface area contributed by atoms with Crippen molar-refractivity contribution in [3.63, 3.8) is 0 Å². The Hall–Kier alpha value is -3.48. The van der Waals surface area contributed by atoms with Crippen LogP contribution in [0.5, 0.6) is 5.75 Å². The van der Waals surface area contributed by atoms with Crippen LogP contribution in [0.25, 0.3) is 0 Å². The predicted octanol–water partition coefficient (Wildman–Crippen LogP) is 1.41. The van der Waals surface area contributed by atoms with Crippen molar-refractivity contribution in [1.29, 1.82) is 0 Å². The van der Waals surface area contributed by atoms with Gasteiger partial charge in [-0.15, -0.1) is 0 Å². The third-order valence-corrected chi connectivity index (χ3v) is 5.10. The average molecular weight is 364 g/mol. The van der Waals surface area contributed by atoms with Gasteiger partial charge < -0.3 is 5.11 Å². The fraction of sp³-hybridized carbons (Fsp3) is 0.200. The molecule has 0 spiro atoms. The van der Waals surface area contributed by atoms with Gasteiger partial charge in [0, 0.05) is 12.8 Å². The number of carbonyl (C=O) groups excluding carboxylic acids is 4. The lowest BCUT2D eigenvalue weighted by atomic mass is 9.81. The van der Waals surface area contributed by atoms with Crippen LogP contribution in [0, 0.1) is 0 Å². The van der Waals surface area contributed by atoms with Gasteiger partial charge in [-0.1, -0.05) is 36.4 Å². The monoisotopic (exact) mass is 364 g/mol. The molecule has 2 aliphatic heterocycles. The third-order valence-electron chi connectivity index (χ3n) is 5.10. The molecule has 2 aromatic carbocycles. The molecule has 0 aliphatic carbocycles. The van der Waals surface area contributed by atoms with E-state index in [1.807, 2.05) is 6.07 Å². The van der Waals surface area contributed by atoms with Gasteiger partial charge in [-0.05, 0) is 24.1 Å². The van der Waals surface area contributed by atoms with E-state index in [4.69, 9.17) is 0 Å². The lowest BCUT2D eigenvalue weighted by molar-refractivity contribution is -0.141. The fourth-order valence-corrected chi connectivity index (χ4v) is 3.79. The molecule has 4 amide bonds. The SMILES string of the molecule is O=C1CCC(Cc2ccccc2)(N2C(=O)c3cccc(O)c3C2=O)C(=O)N1. The van der Waals surface area contributed by atoms with Crippen molar-refractivity contribution in [3.05, 3.63) is 65.2 Å². The van der Waals surface area contributed by atoms with Crippen LogP contribution in [-0.2, 0) is 16.0 Å². The van der Waals surface area contributed by atoms with Crippen molar-refractivity contribution in [3.8, 4) is 5.75 Å². The van der Waals surface area contributed by atoms with Gasteiger partial charge in [0.15, 0.2) is 0 Å². The quantitative estimate of drug-likeness (QED) is 0.802. The number of phenols is 1. The van der Waals surface area contributed by atoms with E-state index in [9.17, 15) is 24.3 Å². The Morgan fingerprint density at radius 3 is 2.37 bits per heavy atom. The first-order valence-corrected chi connectivity index (χ1v) is 8.53. The van der Waals surface area contributed by atoms with Gasteiger partial charge in [-0.2, -0.15) is 0 Å². The van der Waals surface area contributed by atoms with Crippen molar-refractivity contribution < 1.29 is 24.3 Å². The maximum Gasteiger partial charge on any atom is 0.266 e. The number of carbonyl (C=O) groups is 4. The van der Waals surface area contributed by atoms with Gasteiger partial charge in [0.25, 0.3) is 17.7 Å². The largest absolute Gasteiger partial charge is 0.507 e. The second-order valence-electron chi connectivity index (χ2n) is 6.72. The maximum absolute atomic E-state index is 13.0. The first-order valence-electron chi connectivity index (χ1n) is 8.53. The summed E-state index contributed by atoms with van der Waals surface area (Å²) in [6.07, 6.45) is 0.121. The van der Waals surface area contributed by atoms with Crippen molar-refractivity contribution in [1.82, 2.24) is 10.2 Å². The minimum Gasteiger partial charge on any atom is -0.507 e. The number of piperidine rings is 1. The Balaban J connectivity index is 1.84. The number of rotatable bonds is 3. The Morgan fingerprint density at radius 2 is 1.70 bits per heavy atom. The summed E-state index contributed by atoms with van der Waals surface area (Å²) < 4.78 is 0. The van der Waals surface area contributed by atoms with Crippen molar-refractivity contribution in [2.45, 2.75) is 24.8 Å². The summed E-state index contributed by atoms with van der Waals surface area (Å²) in [5.74, 6) is -2.81. The number of benzene rings is 2. The minimum absolute atomic E-state index is 0.0119. The van der Waals surface area contributed by atoms with Crippen LogP contribution in [0.4, 0.5) is 0 Å². The standard InChI is InChI=1S/C20H16N2O5/c23-14-8-4-7-13-16(14)18(26)22(17(13)25)20(10-9-15(24)21-19(20)27)11-12-5-2-1-3-6-12/h1-8,23H,9-11H2,(H,21,24,27). The molecule has 0 saturated carbocycles. The normalized spacial score (nSPS) is 22.0. The highest BCUT2D eigenvalue weighted by atomic mass is 16.3. The van der Waals surface area contributed by atoms with Crippen LogP contribution in [0.15, 0.2) is 48.5 Å². The molecule has 4 rings (SSSR count). The molecule has 0 radical (unpaired) electrons. The molecule has 2 aliphatic rings. The van der Waals surface area contributed by atoms with E-state index in [1.165, 1.54) is 18.2 Å². The molecule has 7 nitrogen and oxygen atoms in total. The van der Waals surface area contributed by atoms with Crippen LogP contribution >= 0.6 is 0 Å². The fourth-order valence-electron chi connectivity index (χ4n) is 3.79. The second-order valence-corrected chi connectivity index (χ2v) is 6.72. The van der Waals surface area contributed by atoms with Gasteiger partial charge in [-0.25, -0.2) is 0 Å². The number of imide groups is 2.